The van der Waals surface area contributed by atoms with Crippen molar-refractivity contribution in [3.8, 4) is 0 Å². The van der Waals surface area contributed by atoms with Gasteiger partial charge in [0, 0.05) is 0 Å². The maximum absolute atomic E-state index is 9.93. The molecule has 1 atom stereocenters. The van der Waals surface area contributed by atoms with E-state index in [4.69, 9.17) is 4.74 Å². The Kier molecular flexibility index (Phi) is 14.1. The topological polar surface area (TPSA) is 29.5 Å². The Labute approximate surface area is 155 Å². The Hall–Kier alpha value is -1.28. The quantitative estimate of drug-likeness (QED) is 0.276. The van der Waals surface area contributed by atoms with Gasteiger partial charge in [-0.3, -0.25) is 0 Å². The van der Waals surface area contributed by atoms with E-state index in [1.165, 1.54) is 63.4 Å². The summed E-state index contributed by atoms with van der Waals surface area (Å²) in [6, 6.07) is 10.3. The maximum atomic E-state index is 9.93. The molecule has 0 aliphatic rings. The molecule has 0 amide bonds. The van der Waals surface area contributed by atoms with Crippen LogP contribution >= 0.6 is 0 Å². The van der Waals surface area contributed by atoms with Gasteiger partial charge in [-0.25, -0.2) is 0 Å². The summed E-state index contributed by atoms with van der Waals surface area (Å²) in [4.78, 5) is 0. The van der Waals surface area contributed by atoms with Gasteiger partial charge in [0.25, 0.3) is 0 Å². The number of allylic oxidation sites excluding steroid dienone is 1. The zero-order valence-corrected chi connectivity index (χ0v) is 16.2. The molecule has 0 radical (unpaired) electrons. The molecule has 0 saturated carbocycles. The molecule has 0 saturated heterocycles. The average Bonchev–Trinajstić information content (AvgIpc) is 2.64. The van der Waals surface area contributed by atoms with Crippen LogP contribution in [0.15, 0.2) is 42.7 Å². The van der Waals surface area contributed by atoms with Gasteiger partial charge in [0.1, 0.15) is 6.61 Å². The first kappa shape index (κ1) is 21.8. The van der Waals surface area contributed by atoms with E-state index in [-0.39, 0.29) is 6.10 Å². The van der Waals surface area contributed by atoms with Crippen LogP contribution in [0.4, 0.5) is 0 Å². The van der Waals surface area contributed by atoms with E-state index in [1.54, 1.807) is 6.26 Å². The molecule has 2 heteroatoms. The van der Waals surface area contributed by atoms with E-state index in [2.05, 4.69) is 19.1 Å². The van der Waals surface area contributed by atoms with Crippen molar-refractivity contribution in [3.05, 3.63) is 48.2 Å². The molecule has 1 aromatic rings. The summed E-state index contributed by atoms with van der Waals surface area (Å²) in [5, 5.41) is 9.93. The summed E-state index contributed by atoms with van der Waals surface area (Å²) in [6.07, 6.45) is 18.4. The van der Waals surface area contributed by atoms with Gasteiger partial charge in [-0.2, -0.15) is 0 Å². The van der Waals surface area contributed by atoms with Crippen molar-refractivity contribution in [2.75, 3.05) is 6.61 Å². The summed E-state index contributed by atoms with van der Waals surface area (Å²) in [7, 11) is 0. The molecule has 0 heterocycles. The Morgan fingerprint density at radius 2 is 1.48 bits per heavy atom. The van der Waals surface area contributed by atoms with E-state index in [0.717, 1.165) is 19.3 Å². The van der Waals surface area contributed by atoms with Gasteiger partial charge in [-0.15, -0.1) is 0 Å². The average molecular weight is 347 g/mol. The van der Waals surface area contributed by atoms with Crippen molar-refractivity contribution in [1.29, 1.82) is 0 Å². The fraction of sp³-hybridized carbons (Fsp3) is 0.652. The largest absolute Gasteiger partial charge is 0.499 e. The zero-order chi connectivity index (χ0) is 18.0. The first-order valence-electron chi connectivity index (χ1n) is 10.3. The molecule has 0 bridgehead atoms. The predicted octanol–water partition coefficient (Wildman–Crippen LogP) is 6.43. The monoisotopic (exact) mass is 346 g/mol. The van der Waals surface area contributed by atoms with Crippen LogP contribution in [-0.4, -0.2) is 17.8 Å². The van der Waals surface area contributed by atoms with Gasteiger partial charge in [-0.05, 0) is 24.5 Å². The first-order chi connectivity index (χ1) is 12.3. The van der Waals surface area contributed by atoms with Crippen LogP contribution in [0.25, 0.3) is 0 Å². The Balaban J connectivity index is 1.86. The van der Waals surface area contributed by atoms with Crippen molar-refractivity contribution in [1.82, 2.24) is 0 Å². The second-order valence-electron chi connectivity index (χ2n) is 7.02. The SMILES string of the molecule is CCCCCCCCCCCCC(O)CO/C=C\Cc1ccccc1. The minimum absolute atomic E-state index is 0.338. The van der Waals surface area contributed by atoms with E-state index in [9.17, 15) is 5.11 Å². The molecular formula is C23H38O2. The molecule has 0 aliphatic carbocycles. The highest BCUT2D eigenvalue weighted by Gasteiger charge is 2.03. The summed E-state index contributed by atoms with van der Waals surface area (Å²) in [6.45, 7) is 2.67. The summed E-state index contributed by atoms with van der Waals surface area (Å²) >= 11 is 0. The van der Waals surface area contributed by atoms with E-state index in [0.29, 0.717) is 6.61 Å². The van der Waals surface area contributed by atoms with E-state index >= 15 is 0 Å². The third kappa shape index (κ3) is 13.7. The molecule has 0 aliphatic heterocycles. The molecule has 1 N–H and O–H groups in total. The standard InChI is InChI=1S/C23H38O2/c1-2-3-4-5-6-7-8-9-10-14-19-23(24)21-25-20-15-18-22-16-12-11-13-17-22/h11-13,15-17,20,23-24H,2-10,14,18-19,21H2,1H3/b20-15-. The third-order valence-corrected chi connectivity index (χ3v) is 4.57. The summed E-state index contributed by atoms with van der Waals surface area (Å²) in [5.41, 5.74) is 1.27. The van der Waals surface area contributed by atoms with Crippen LogP contribution in [0.2, 0.25) is 0 Å². The van der Waals surface area contributed by atoms with Gasteiger partial charge >= 0.3 is 0 Å². The van der Waals surface area contributed by atoms with Crippen molar-refractivity contribution in [2.24, 2.45) is 0 Å². The molecule has 142 valence electrons. The van der Waals surface area contributed by atoms with Gasteiger partial charge in [-0.1, -0.05) is 101 Å². The number of benzene rings is 1. The number of unbranched alkanes of at least 4 members (excludes halogenated alkanes) is 9. The smallest absolute Gasteiger partial charge is 0.113 e. The van der Waals surface area contributed by atoms with Crippen LogP contribution in [0.5, 0.6) is 0 Å². The lowest BCUT2D eigenvalue weighted by atomic mass is 10.0. The molecule has 0 aromatic heterocycles. The Bertz CT molecular complexity index is 413. The van der Waals surface area contributed by atoms with Crippen LogP contribution in [0.1, 0.15) is 83.1 Å². The molecule has 2 nitrogen and oxygen atoms in total. The number of aliphatic hydroxyl groups is 1. The maximum Gasteiger partial charge on any atom is 0.113 e. The first-order valence-corrected chi connectivity index (χ1v) is 10.3. The van der Waals surface area contributed by atoms with Crippen LogP contribution in [-0.2, 0) is 11.2 Å². The van der Waals surface area contributed by atoms with Crippen molar-refractivity contribution >= 4 is 0 Å². The molecule has 1 unspecified atom stereocenters. The minimum atomic E-state index is -0.338. The second-order valence-corrected chi connectivity index (χ2v) is 7.02. The molecule has 1 rings (SSSR count). The Morgan fingerprint density at radius 1 is 0.880 bits per heavy atom. The predicted molar refractivity (Wildman–Crippen MR) is 108 cm³/mol. The van der Waals surface area contributed by atoms with Gasteiger partial charge in [0.15, 0.2) is 0 Å². The second kappa shape index (κ2) is 16.2. The number of hydrogen-bond acceptors (Lipinski definition) is 2. The highest BCUT2D eigenvalue weighted by Crippen LogP contribution is 2.12. The van der Waals surface area contributed by atoms with Crippen molar-refractivity contribution < 1.29 is 9.84 Å². The highest BCUT2D eigenvalue weighted by atomic mass is 16.5. The fourth-order valence-corrected chi connectivity index (χ4v) is 2.98. The third-order valence-electron chi connectivity index (χ3n) is 4.57. The van der Waals surface area contributed by atoms with Crippen LogP contribution < -0.4 is 0 Å². The van der Waals surface area contributed by atoms with Gasteiger partial charge < -0.3 is 9.84 Å². The number of ether oxygens (including phenoxy) is 1. The summed E-state index contributed by atoms with van der Waals surface area (Å²) in [5.74, 6) is 0. The molecule has 25 heavy (non-hydrogen) atoms. The Morgan fingerprint density at radius 3 is 2.12 bits per heavy atom. The highest BCUT2D eigenvalue weighted by molar-refractivity contribution is 5.17. The van der Waals surface area contributed by atoms with Gasteiger partial charge in [0.05, 0.1) is 12.4 Å². The van der Waals surface area contributed by atoms with Crippen LogP contribution in [0.3, 0.4) is 0 Å². The zero-order valence-electron chi connectivity index (χ0n) is 16.2. The minimum Gasteiger partial charge on any atom is -0.499 e. The fourth-order valence-electron chi connectivity index (χ4n) is 2.98. The summed E-state index contributed by atoms with van der Waals surface area (Å²) < 4.78 is 5.43. The van der Waals surface area contributed by atoms with Crippen molar-refractivity contribution in [3.63, 3.8) is 0 Å². The lowest BCUT2D eigenvalue weighted by Gasteiger charge is -2.09. The van der Waals surface area contributed by atoms with Crippen molar-refractivity contribution in [2.45, 2.75) is 90.1 Å². The number of hydrogen-bond donors (Lipinski definition) is 1. The van der Waals surface area contributed by atoms with E-state index in [1.807, 2.05) is 24.3 Å². The molecule has 0 spiro atoms. The molecular weight excluding hydrogens is 308 g/mol. The lowest BCUT2D eigenvalue weighted by Crippen LogP contribution is -2.13. The molecule has 1 aromatic carbocycles. The van der Waals surface area contributed by atoms with Gasteiger partial charge in [0.2, 0.25) is 0 Å². The number of aliphatic hydroxyl groups excluding tert-OH is 1. The van der Waals surface area contributed by atoms with Crippen LogP contribution in [0, 0.1) is 0 Å². The molecule has 0 fully saturated rings. The normalized spacial score (nSPS) is 12.6. The van der Waals surface area contributed by atoms with E-state index < -0.39 is 0 Å². The number of rotatable bonds is 16. The lowest BCUT2D eigenvalue weighted by molar-refractivity contribution is 0.0756.